The topological polar surface area (TPSA) is 66.5 Å². The van der Waals surface area contributed by atoms with Gasteiger partial charge in [-0.3, -0.25) is 4.79 Å². The molecule has 2 heterocycles. The molecule has 144 valence electrons. The van der Waals surface area contributed by atoms with Crippen LogP contribution in [0.25, 0.3) is 0 Å². The van der Waals surface area contributed by atoms with Gasteiger partial charge >= 0.3 is 0 Å². The molecule has 1 aliphatic rings. The van der Waals surface area contributed by atoms with Crippen LogP contribution >= 0.6 is 22.9 Å². The molecule has 1 atom stereocenters. The Morgan fingerprint density at radius 1 is 1.04 bits per heavy atom. The van der Waals surface area contributed by atoms with Crippen LogP contribution in [0.3, 0.4) is 0 Å². The number of para-hydroxylation sites is 1. The molecular formula is C20H17ClN2O3S2. The van der Waals surface area contributed by atoms with Crippen molar-refractivity contribution in [1.82, 2.24) is 4.31 Å². The Hall–Kier alpha value is -2.19. The fraction of sp³-hybridized carbons (Fsp3) is 0.150. The predicted octanol–water partition coefficient (Wildman–Crippen LogP) is 4.16. The van der Waals surface area contributed by atoms with Crippen LogP contribution in [0.15, 0.2) is 70.3 Å². The monoisotopic (exact) mass is 432 g/mol. The minimum absolute atomic E-state index is 0.150. The summed E-state index contributed by atoms with van der Waals surface area (Å²) in [6, 6.07) is 16.9. The maximum absolute atomic E-state index is 13.2. The van der Waals surface area contributed by atoms with Gasteiger partial charge in [0.25, 0.3) is 10.0 Å². The van der Waals surface area contributed by atoms with E-state index in [0.717, 1.165) is 22.5 Å². The fourth-order valence-corrected chi connectivity index (χ4v) is 6.15. The predicted molar refractivity (Wildman–Crippen MR) is 111 cm³/mol. The lowest BCUT2D eigenvalue weighted by molar-refractivity contribution is -0.120. The first-order valence-corrected chi connectivity index (χ1v) is 11.3. The highest BCUT2D eigenvalue weighted by molar-refractivity contribution is 7.91. The second-order valence-electron chi connectivity index (χ2n) is 6.44. The smallest absolute Gasteiger partial charge is 0.253 e. The van der Waals surface area contributed by atoms with Gasteiger partial charge in [-0.15, -0.1) is 11.3 Å². The molecule has 28 heavy (non-hydrogen) atoms. The van der Waals surface area contributed by atoms with Crippen molar-refractivity contribution in [2.45, 2.75) is 23.2 Å². The highest BCUT2D eigenvalue weighted by Crippen LogP contribution is 2.32. The van der Waals surface area contributed by atoms with Gasteiger partial charge in [0.1, 0.15) is 10.3 Å². The molecule has 8 heteroatoms. The van der Waals surface area contributed by atoms with Gasteiger partial charge in [0.05, 0.1) is 10.7 Å². The second kappa shape index (κ2) is 7.67. The van der Waals surface area contributed by atoms with Gasteiger partial charge in [-0.2, -0.15) is 4.31 Å². The fourth-order valence-electron chi connectivity index (χ4n) is 3.28. The van der Waals surface area contributed by atoms with Crippen LogP contribution in [0.4, 0.5) is 5.69 Å². The number of hydrogen-bond donors (Lipinski definition) is 1. The molecule has 3 aromatic rings. The summed E-state index contributed by atoms with van der Waals surface area (Å²) in [4.78, 5) is 13.1. The normalized spacial score (nSPS) is 17.1. The third-order valence-corrected chi connectivity index (χ3v) is 8.26. The molecule has 0 aliphatic carbocycles. The molecule has 0 fully saturated rings. The lowest BCUT2D eigenvalue weighted by Crippen LogP contribution is -2.50. The van der Waals surface area contributed by atoms with Crippen LogP contribution < -0.4 is 5.32 Å². The Morgan fingerprint density at radius 2 is 1.75 bits per heavy atom. The molecule has 1 amide bonds. The molecule has 0 saturated heterocycles. The summed E-state index contributed by atoms with van der Waals surface area (Å²) in [6.45, 7) is 0.150. The number of carbonyl (C=O) groups is 1. The number of nitrogens with one attached hydrogen (secondary N) is 1. The van der Waals surface area contributed by atoms with Crippen molar-refractivity contribution in [2.24, 2.45) is 0 Å². The molecule has 1 N–H and O–H groups in total. The van der Waals surface area contributed by atoms with E-state index in [0.29, 0.717) is 17.1 Å². The molecular weight excluding hydrogens is 416 g/mol. The van der Waals surface area contributed by atoms with E-state index >= 15 is 0 Å². The summed E-state index contributed by atoms with van der Waals surface area (Å²) in [7, 11) is -3.80. The number of rotatable bonds is 4. The number of carbonyl (C=O) groups excluding carboxylic acids is 1. The number of fused-ring (bicyclic) bond motifs is 1. The first-order chi connectivity index (χ1) is 13.5. The summed E-state index contributed by atoms with van der Waals surface area (Å²) in [5.74, 6) is -0.400. The Labute approximate surface area is 172 Å². The number of anilines is 1. The standard InChI is InChI=1S/C20H17ClN2O3S2/c21-16-8-3-4-9-17(16)22-20(24)18-12-14-6-1-2-7-15(14)13-23(18)28(25,26)19-10-5-11-27-19/h1-11,18H,12-13H2,(H,22,24)/t18-/m0/s1. The van der Waals surface area contributed by atoms with Gasteiger partial charge in [-0.1, -0.05) is 54.1 Å². The first-order valence-electron chi connectivity index (χ1n) is 8.64. The minimum Gasteiger partial charge on any atom is -0.323 e. The van der Waals surface area contributed by atoms with E-state index in [2.05, 4.69) is 5.32 Å². The zero-order valence-corrected chi connectivity index (χ0v) is 17.1. The van der Waals surface area contributed by atoms with Gasteiger partial charge in [0.15, 0.2) is 0 Å². The Kier molecular flexibility index (Phi) is 5.25. The van der Waals surface area contributed by atoms with Gasteiger partial charge < -0.3 is 5.32 Å². The van der Waals surface area contributed by atoms with E-state index in [1.54, 1.807) is 41.8 Å². The maximum atomic E-state index is 13.2. The van der Waals surface area contributed by atoms with Crippen LogP contribution in [0, 0.1) is 0 Å². The van der Waals surface area contributed by atoms with Crippen LogP contribution in [-0.2, 0) is 27.8 Å². The quantitative estimate of drug-likeness (QED) is 0.673. The van der Waals surface area contributed by atoms with E-state index in [4.69, 9.17) is 11.6 Å². The third kappa shape index (κ3) is 3.58. The summed E-state index contributed by atoms with van der Waals surface area (Å²) < 4.78 is 28.0. The van der Waals surface area contributed by atoms with Gasteiger partial charge in [0.2, 0.25) is 5.91 Å². The Morgan fingerprint density at radius 3 is 2.46 bits per heavy atom. The van der Waals surface area contributed by atoms with Crippen molar-refractivity contribution in [3.63, 3.8) is 0 Å². The summed E-state index contributed by atoms with van der Waals surface area (Å²) >= 11 is 7.29. The maximum Gasteiger partial charge on any atom is 0.253 e. The molecule has 2 aromatic carbocycles. The largest absolute Gasteiger partial charge is 0.323 e. The average molecular weight is 433 g/mol. The summed E-state index contributed by atoms with van der Waals surface area (Å²) in [5, 5.41) is 4.90. The van der Waals surface area contributed by atoms with Crippen molar-refractivity contribution in [1.29, 1.82) is 0 Å². The molecule has 4 rings (SSSR count). The molecule has 0 saturated carbocycles. The lowest BCUT2D eigenvalue weighted by Gasteiger charge is -2.34. The molecule has 1 aliphatic heterocycles. The van der Waals surface area contributed by atoms with Crippen molar-refractivity contribution >= 4 is 44.6 Å². The number of halogens is 1. The Bertz CT molecular complexity index is 1110. The Balaban J connectivity index is 1.72. The van der Waals surface area contributed by atoms with Gasteiger partial charge in [-0.05, 0) is 41.1 Å². The molecule has 0 unspecified atom stereocenters. The minimum atomic E-state index is -3.80. The SMILES string of the molecule is O=C(Nc1ccccc1Cl)[C@@H]1Cc2ccccc2CN1S(=O)(=O)c1cccs1. The average Bonchev–Trinajstić information content (AvgIpc) is 3.24. The zero-order valence-electron chi connectivity index (χ0n) is 14.7. The molecule has 0 spiro atoms. The second-order valence-corrected chi connectivity index (χ2v) is 9.91. The third-order valence-electron chi connectivity index (χ3n) is 4.70. The summed E-state index contributed by atoms with van der Waals surface area (Å²) in [6.07, 6.45) is 0.303. The van der Waals surface area contributed by atoms with Crippen LogP contribution in [0.1, 0.15) is 11.1 Å². The van der Waals surface area contributed by atoms with E-state index in [1.807, 2.05) is 24.3 Å². The number of amides is 1. The van der Waals surface area contributed by atoms with Crippen molar-refractivity contribution in [3.8, 4) is 0 Å². The van der Waals surface area contributed by atoms with Crippen LogP contribution in [0.5, 0.6) is 0 Å². The van der Waals surface area contributed by atoms with Crippen molar-refractivity contribution < 1.29 is 13.2 Å². The van der Waals surface area contributed by atoms with Gasteiger partial charge in [0, 0.05) is 6.54 Å². The number of nitrogens with zero attached hydrogens (tertiary/aromatic N) is 1. The van der Waals surface area contributed by atoms with E-state index in [-0.39, 0.29) is 10.8 Å². The highest BCUT2D eigenvalue weighted by atomic mass is 35.5. The number of thiophene rings is 1. The van der Waals surface area contributed by atoms with E-state index in [9.17, 15) is 13.2 Å². The highest BCUT2D eigenvalue weighted by Gasteiger charge is 2.40. The number of sulfonamides is 1. The lowest BCUT2D eigenvalue weighted by atomic mass is 9.95. The van der Waals surface area contributed by atoms with Crippen LogP contribution in [-0.4, -0.2) is 24.7 Å². The molecule has 1 aromatic heterocycles. The molecule has 0 bridgehead atoms. The zero-order chi connectivity index (χ0) is 19.7. The van der Waals surface area contributed by atoms with Gasteiger partial charge in [-0.25, -0.2) is 8.42 Å². The molecule has 5 nitrogen and oxygen atoms in total. The first kappa shape index (κ1) is 19.1. The van der Waals surface area contributed by atoms with E-state index in [1.165, 1.54) is 4.31 Å². The summed E-state index contributed by atoms with van der Waals surface area (Å²) in [5.41, 5.74) is 2.34. The number of hydrogen-bond acceptors (Lipinski definition) is 4. The van der Waals surface area contributed by atoms with Crippen molar-refractivity contribution in [3.05, 3.63) is 82.2 Å². The number of benzene rings is 2. The van der Waals surface area contributed by atoms with E-state index < -0.39 is 22.0 Å². The van der Waals surface area contributed by atoms with Crippen LogP contribution in [0.2, 0.25) is 5.02 Å². The van der Waals surface area contributed by atoms with Crippen molar-refractivity contribution in [2.75, 3.05) is 5.32 Å². The molecule has 0 radical (unpaired) electrons.